The SMILES string of the molecule is CCCCCC1=CC(=O)C(C)(C)O1. The highest BCUT2D eigenvalue weighted by molar-refractivity contribution is 5.98. The molecule has 2 heteroatoms. The van der Waals surface area contributed by atoms with Crippen LogP contribution < -0.4 is 0 Å². The first-order valence-electron chi connectivity index (χ1n) is 5.00. The van der Waals surface area contributed by atoms with Crippen LogP contribution in [0.1, 0.15) is 46.5 Å². The summed E-state index contributed by atoms with van der Waals surface area (Å²) < 4.78 is 5.52. The van der Waals surface area contributed by atoms with Crippen molar-refractivity contribution in [1.82, 2.24) is 0 Å². The smallest absolute Gasteiger partial charge is 0.201 e. The normalized spacial score (nSPS) is 19.9. The highest BCUT2D eigenvalue weighted by Crippen LogP contribution is 2.27. The fraction of sp³-hybridized carbons (Fsp3) is 0.727. The fourth-order valence-corrected chi connectivity index (χ4v) is 1.40. The molecular weight excluding hydrogens is 164 g/mol. The number of carbonyl (C=O) groups excluding carboxylic acids is 1. The van der Waals surface area contributed by atoms with Crippen molar-refractivity contribution in [2.75, 3.05) is 0 Å². The molecule has 74 valence electrons. The fourth-order valence-electron chi connectivity index (χ4n) is 1.40. The van der Waals surface area contributed by atoms with E-state index in [1.807, 2.05) is 13.8 Å². The van der Waals surface area contributed by atoms with Gasteiger partial charge in [-0.2, -0.15) is 0 Å². The van der Waals surface area contributed by atoms with E-state index in [-0.39, 0.29) is 5.78 Å². The van der Waals surface area contributed by atoms with Crippen molar-refractivity contribution < 1.29 is 9.53 Å². The van der Waals surface area contributed by atoms with Gasteiger partial charge in [0.1, 0.15) is 5.76 Å². The van der Waals surface area contributed by atoms with E-state index in [1.165, 1.54) is 12.8 Å². The van der Waals surface area contributed by atoms with Crippen molar-refractivity contribution in [2.24, 2.45) is 0 Å². The van der Waals surface area contributed by atoms with E-state index in [0.717, 1.165) is 18.6 Å². The summed E-state index contributed by atoms with van der Waals surface area (Å²) in [5.41, 5.74) is -0.610. The van der Waals surface area contributed by atoms with Gasteiger partial charge in [-0.1, -0.05) is 19.8 Å². The van der Waals surface area contributed by atoms with Crippen LogP contribution in [0.4, 0.5) is 0 Å². The van der Waals surface area contributed by atoms with E-state index in [9.17, 15) is 4.79 Å². The van der Waals surface area contributed by atoms with Gasteiger partial charge in [-0.25, -0.2) is 0 Å². The molecule has 1 heterocycles. The van der Waals surface area contributed by atoms with E-state index in [0.29, 0.717) is 0 Å². The van der Waals surface area contributed by atoms with Gasteiger partial charge in [-0.3, -0.25) is 4.79 Å². The standard InChI is InChI=1S/C11H18O2/c1-4-5-6-7-9-8-10(12)11(2,3)13-9/h8H,4-7H2,1-3H3. The van der Waals surface area contributed by atoms with E-state index < -0.39 is 5.60 Å². The summed E-state index contributed by atoms with van der Waals surface area (Å²) in [6.45, 7) is 5.80. The second-order valence-electron chi connectivity index (χ2n) is 4.04. The van der Waals surface area contributed by atoms with Crippen LogP contribution in [0, 0.1) is 0 Å². The number of unbranched alkanes of at least 4 members (excludes halogenated alkanes) is 2. The molecule has 2 nitrogen and oxygen atoms in total. The Morgan fingerprint density at radius 3 is 2.54 bits per heavy atom. The van der Waals surface area contributed by atoms with E-state index in [4.69, 9.17) is 4.74 Å². The van der Waals surface area contributed by atoms with Crippen LogP contribution in [0.2, 0.25) is 0 Å². The zero-order valence-corrected chi connectivity index (χ0v) is 8.72. The third-order valence-corrected chi connectivity index (χ3v) is 2.30. The van der Waals surface area contributed by atoms with Gasteiger partial charge in [0.25, 0.3) is 0 Å². The van der Waals surface area contributed by atoms with Crippen molar-refractivity contribution in [3.05, 3.63) is 11.8 Å². The maximum absolute atomic E-state index is 11.3. The summed E-state index contributed by atoms with van der Waals surface area (Å²) in [6, 6.07) is 0. The monoisotopic (exact) mass is 182 g/mol. The van der Waals surface area contributed by atoms with Crippen LogP contribution >= 0.6 is 0 Å². The summed E-state index contributed by atoms with van der Waals surface area (Å²) in [5.74, 6) is 0.961. The van der Waals surface area contributed by atoms with Gasteiger partial charge < -0.3 is 4.74 Å². The topological polar surface area (TPSA) is 26.3 Å². The van der Waals surface area contributed by atoms with Gasteiger partial charge in [0.2, 0.25) is 5.78 Å². The predicted molar refractivity (Wildman–Crippen MR) is 52.4 cm³/mol. The molecule has 0 fully saturated rings. The zero-order chi connectivity index (χ0) is 9.90. The lowest BCUT2D eigenvalue weighted by molar-refractivity contribution is -0.127. The van der Waals surface area contributed by atoms with Crippen LogP contribution in [-0.4, -0.2) is 11.4 Å². The molecule has 0 unspecified atom stereocenters. The lowest BCUT2D eigenvalue weighted by Gasteiger charge is -2.17. The molecule has 0 amide bonds. The Kier molecular flexibility index (Phi) is 3.12. The Bertz CT molecular complexity index is 226. The minimum atomic E-state index is -0.610. The molecular formula is C11H18O2. The van der Waals surface area contributed by atoms with Crippen molar-refractivity contribution in [3.63, 3.8) is 0 Å². The van der Waals surface area contributed by atoms with Crippen LogP contribution in [0.25, 0.3) is 0 Å². The van der Waals surface area contributed by atoms with E-state index in [1.54, 1.807) is 6.08 Å². The van der Waals surface area contributed by atoms with Gasteiger partial charge in [0, 0.05) is 12.5 Å². The molecule has 0 bridgehead atoms. The number of ketones is 1. The molecule has 0 aliphatic carbocycles. The first-order valence-corrected chi connectivity index (χ1v) is 5.00. The van der Waals surface area contributed by atoms with Crippen molar-refractivity contribution >= 4 is 5.78 Å². The first-order chi connectivity index (χ1) is 6.06. The third-order valence-electron chi connectivity index (χ3n) is 2.30. The van der Waals surface area contributed by atoms with Gasteiger partial charge >= 0.3 is 0 Å². The Hall–Kier alpha value is -0.790. The van der Waals surface area contributed by atoms with Crippen LogP contribution in [0.5, 0.6) is 0 Å². The largest absolute Gasteiger partial charge is 0.484 e. The number of allylic oxidation sites excluding steroid dienone is 1. The number of carbonyl (C=O) groups is 1. The molecule has 0 aromatic heterocycles. The molecule has 0 saturated heterocycles. The Morgan fingerprint density at radius 1 is 1.38 bits per heavy atom. The van der Waals surface area contributed by atoms with Gasteiger partial charge in [0.05, 0.1) is 0 Å². The molecule has 0 spiro atoms. The molecule has 0 aromatic rings. The maximum Gasteiger partial charge on any atom is 0.201 e. The van der Waals surface area contributed by atoms with Gasteiger partial charge in [0.15, 0.2) is 5.60 Å². The molecule has 1 aliphatic heterocycles. The van der Waals surface area contributed by atoms with Gasteiger partial charge in [-0.15, -0.1) is 0 Å². The predicted octanol–water partition coefficient (Wildman–Crippen LogP) is 2.83. The Morgan fingerprint density at radius 2 is 2.08 bits per heavy atom. The number of hydrogen-bond acceptors (Lipinski definition) is 2. The highest BCUT2D eigenvalue weighted by atomic mass is 16.5. The maximum atomic E-state index is 11.3. The second kappa shape index (κ2) is 3.95. The summed E-state index contributed by atoms with van der Waals surface area (Å²) in [5, 5.41) is 0. The van der Waals surface area contributed by atoms with E-state index in [2.05, 4.69) is 6.92 Å². The molecule has 13 heavy (non-hydrogen) atoms. The quantitative estimate of drug-likeness (QED) is 0.625. The molecule has 1 aliphatic rings. The second-order valence-corrected chi connectivity index (χ2v) is 4.04. The number of hydrogen-bond donors (Lipinski definition) is 0. The lowest BCUT2D eigenvalue weighted by Crippen LogP contribution is -2.27. The molecule has 0 saturated carbocycles. The molecule has 0 radical (unpaired) electrons. The minimum absolute atomic E-state index is 0.0963. The molecule has 0 atom stereocenters. The average molecular weight is 182 g/mol. The third kappa shape index (κ3) is 2.58. The zero-order valence-electron chi connectivity index (χ0n) is 8.72. The molecule has 0 N–H and O–H groups in total. The van der Waals surface area contributed by atoms with Gasteiger partial charge in [-0.05, 0) is 20.3 Å². The summed E-state index contributed by atoms with van der Waals surface area (Å²) in [7, 11) is 0. The molecule has 1 rings (SSSR count). The molecule has 0 aromatic carbocycles. The van der Waals surface area contributed by atoms with E-state index >= 15 is 0 Å². The highest BCUT2D eigenvalue weighted by Gasteiger charge is 2.34. The van der Waals surface area contributed by atoms with Crippen LogP contribution in [0.3, 0.4) is 0 Å². The number of ether oxygens (including phenoxy) is 1. The summed E-state index contributed by atoms with van der Waals surface area (Å²) in [6.07, 6.45) is 6.07. The lowest BCUT2D eigenvalue weighted by atomic mass is 10.1. The van der Waals surface area contributed by atoms with Crippen LogP contribution in [-0.2, 0) is 9.53 Å². The Labute approximate surface area is 80.0 Å². The number of rotatable bonds is 4. The van der Waals surface area contributed by atoms with Crippen molar-refractivity contribution in [1.29, 1.82) is 0 Å². The summed E-state index contributed by atoms with van der Waals surface area (Å²) in [4.78, 5) is 11.3. The van der Waals surface area contributed by atoms with Crippen molar-refractivity contribution in [2.45, 2.75) is 52.1 Å². The van der Waals surface area contributed by atoms with Crippen LogP contribution in [0.15, 0.2) is 11.8 Å². The van der Waals surface area contributed by atoms with Crippen molar-refractivity contribution in [3.8, 4) is 0 Å². The Balaban J connectivity index is 2.38. The summed E-state index contributed by atoms with van der Waals surface area (Å²) >= 11 is 0. The average Bonchev–Trinajstić information content (AvgIpc) is 2.27. The minimum Gasteiger partial charge on any atom is -0.484 e. The first kappa shape index (κ1) is 10.3.